The number of halogens is 2. The van der Waals surface area contributed by atoms with Gasteiger partial charge < -0.3 is 4.74 Å². The Bertz CT molecular complexity index is 56.9. The van der Waals surface area contributed by atoms with Gasteiger partial charge in [0.05, 0.1) is 5.33 Å². The van der Waals surface area contributed by atoms with Gasteiger partial charge in [-0.3, -0.25) is 4.79 Å². The quantitative estimate of drug-likeness (QED) is 0.541. The average Bonchev–Trinajstić information content (AvgIpc) is 1.68. The van der Waals surface area contributed by atoms with E-state index in [0.717, 1.165) is 0 Å². The number of hydrogen-bond acceptors (Lipinski definition) is 2. The lowest BCUT2D eigenvalue weighted by atomic mass is 10.9. The van der Waals surface area contributed by atoms with Gasteiger partial charge in [0.2, 0.25) is 0 Å². The Kier molecular flexibility index (Phi) is 4.87. The van der Waals surface area contributed by atoms with Crippen LogP contribution in [-0.4, -0.2) is 16.8 Å². The van der Waals surface area contributed by atoms with Gasteiger partial charge in [-0.2, -0.15) is 0 Å². The van der Waals surface area contributed by atoms with Gasteiger partial charge in [-0.1, -0.05) is 15.9 Å². The number of alkyl halides is 2. The lowest BCUT2D eigenvalue weighted by Crippen LogP contribution is -2.02. The summed E-state index contributed by atoms with van der Waals surface area (Å²) in [5.41, 5.74) is 0. The maximum Gasteiger partial charge on any atom is 0.294 e. The molecule has 0 aliphatic heterocycles. The van der Waals surface area contributed by atoms with Crippen molar-refractivity contribution in [3.8, 4) is 0 Å². The highest BCUT2D eigenvalue weighted by Gasteiger charge is 1.96. The molecular weight excluding hydrogens is 228 g/mol. The molecule has 0 rings (SSSR count). The van der Waals surface area contributed by atoms with E-state index in [-0.39, 0.29) is 5.01 Å². The predicted octanol–water partition coefficient (Wildman–Crippen LogP) is 1.28. The van der Waals surface area contributed by atoms with Gasteiger partial charge in [-0.05, 0) is 15.9 Å². The first-order valence-electron chi connectivity index (χ1n) is 1.60. The maximum atomic E-state index is 9.50. The topological polar surface area (TPSA) is 26.3 Å². The molecule has 2 nitrogen and oxygen atoms in total. The second kappa shape index (κ2) is 4.59. The van der Waals surface area contributed by atoms with Crippen molar-refractivity contribution in [2.24, 2.45) is 0 Å². The normalized spacial score (nSPS) is 12.9. The molecule has 0 aromatic carbocycles. The standard InChI is InChI=1S/C3H4Br2O2/c4-1-3(5)7-2-6/h2-3H,1H2. The number of ether oxygens (including phenoxy) is 1. The molecule has 0 aliphatic rings. The van der Waals surface area contributed by atoms with Crippen LogP contribution in [0.25, 0.3) is 0 Å². The summed E-state index contributed by atoms with van der Waals surface area (Å²) in [6.45, 7) is 0.403. The van der Waals surface area contributed by atoms with E-state index in [1.807, 2.05) is 0 Å². The fourth-order valence-electron chi connectivity index (χ4n) is 0.0967. The van der Waals surface area contributed by atoms with Crippen LogP contribution in [0, 0.1) is 0 Å². The summed E-state index contributed by atoms with van der Waals surface area (Å²) in [5.74, 6) is 0. The van der Waals surface area contributed by atoms with Crippen LogP contribution in [0.1, 0.15) is 0 Å². The van der Waals surface area contributed by atoms with Crippen molar-refractivity contribution in [3.05, 3.63) is 0 Å². The van der Waals surface area contributed by atoms with E-state index < -0.39 is 0 Å². The molecule has 42 valence electrons. The Balaban J connectivity index is 2.98. The maximum absolute atomic E-state index is 9.50. The first-order chi connectivity index (χ1) is 3.31. The lowest BCUT2D eigenvalue weighted by molar-refractivity contribution is -0.129. The lowest BCUT2D eigenvalue weighted by Gasteiger charge is -1.98. The zero-order chi connectivity index (χ0) is 5.70. The minimum absolute atomic E-state index is 0.190. The van der Waals surface area contributed by atoms with Gasteiger partial charge in [-0.15, -0.1) is 0 Å². The third kappa shape index (κ3) is 4.28. The van der Waals surface area contributed by atoms with Gasteiger partial charge in [0.1, 0.15) is 0 Å². The molecule has 0 spiro atoms. The highest BCUT2D eigenvalue weighted by molar-refractivity contribution is 9.12. The number of carbonyl (C=O) groups is 1. The Morgan fingerprint density at radius 2 is 2.43 bits per heavy atom. The van der Waals surface area contributed by atoms with Crippen molar-refractivity contribution in [3.63, 3.8) is 0 Å². The van der Waals surface area contributed by atoms with E-state index >= 15 is 0 Å². The summed E-state index contributed by atoms with van der Waals surface area (Å²) in [7, 11) is 0. The molecule has 4 heteroatoms. The summed E-state index contributed by atoms with van der Waals surface area (Å²) < 4.78 is 4.38. The van der Waals surface area contributed by atoms with Crippen LogP contribution in [0.15, 0.2) is 0 Å². The third-order valence-corrected chi connectivity index (χ3v) is 2.32. The van der Waals surface area contributed by atoms with E-state index in [1.165, 1.54) is 0 Å². The molecule has 0 bridgehead atoms. The molecule has 0 heterocycles. The molecule has 0 fully saturated rings. The average molecular weight is 232 g/mol. The molecule has 0 amide bonds. The van der Waals surface area contributed by atoms with E-state index in [4.69, 9.17) is 0 Å². The number of hydrogen-bond donors (Lipinski definition) is 0. The van der Waals surface area contributed by atoms with Crippen molar-refractivity contribution in [1.82, 2.24) is 0 Å². The van der Waals surface area contributed by atoms with E-state index in [1.54, 1.807) is 0 Å². The van der Waals surface area contributed by atoms with Crippen molar-refractivity contribution in [1.29, 1.82) is 0 Å². The van der Waals surface area contributed by atoms with Crippen LogP contribution in [0.5, 0.6) is 0 Å². The van der Waals surface area contributed by atoms with Gasteiger partial charge in [-0.25, -0.2) is 0 Å². The Labute approximate surface area is 58.5 Å². The van der Waals surface area contributed by atoms with Crippen LogP contribution < -0.4 is 0 Å². The molecule has 0 N–H and O–H groups in total. The van der Waals surface area contributed by atoms with Gasteiger partial charge in [0.15, 0.2) is 5.01 Å². The SMILES string of the molecule is O=COC(Br)CBr. The number of rotatable bonds is 3. The summed E-state index contributed by atoms with van der Waals surface area (Å²) >= 11 is 6.12. The Hall–Kier alpha value is 0.430. The zero-order valence-electron chi connectivity index (χ0n) is 3.43. The smallest absolute Gasteiger partial charge is 0.294 e. The highest BCUT2D eigenvalue weighted by atomic mass is 79.9. The van der Waals surface area contributed by atoms with Crippen LogP contribution in [0.2, 0.25) is 0 Å². The largest absolute Gasteiger partial charge is 0.452 e. The molecule has 0 radical (unpaired) electrons. The molecule has 1 atom stereocenters. The van der Waals surface area contributed by atoms with E-state index in [0.29, 0.717) is 11.8 Å². The van der Waals surface area contributed by atoms with Crippen LogP contribution in [0.3, 0.4) is 0 Å². The summed E-state index contributed by atoms with van der Waals surface area (Å²) in [6.07, 6.45) is 0. The van der Waals surface area contributed by atoms with E-state index in [2.05, 4.69) is 36.6 Å². The van der Waals surface area contributed by atoms with Gasteiger partial charge in [0.25, 0.3) is 6.47 Å². The van der Waals surface area contributed by atoms with Crippen molar-refractivity contribution < 1.29 is 9.53 Å². The minimum Gasteiger partial charge on any atom is -0.452 e. The van der Waals surface area contributed by atoms with Crippen molar-refractivity contribution >= 4 is 38.3 Å². The minimum atomic E-state index is -0.190. The third-order valence-electron chi connectivity index (χ3n) is 0.325. The van der Waals surface area contributed by atoms with Crippen LogP contribution in [0.4, 0.5) is 0 Å². The fourth-order valence-corrected chi connectivity index (χ4v) is 0.337. The predicted molar refractivity (Wildman–Crippen MR) is 33.7 cm³/mol. The monoisotopic (exact) mass is 230 g/mol. The van der Waals surface area contributed by atoms with Crippen LogP contribution >= 0.6 is 31.9 Å². The molecule has 0 saturated carbocycles. The fraction of sp³-hybridized carbons (Fsp3) is 0.667. The zero-order valence-corrected chi connectivity index (χ0v) is 6.61. The summed E-state index contributed by atoms with van der Waals surface area (Å²) in [6, 6.07) is 0. The molecule has 1 unspecified atom stereocenters. The van der Waals surface area contributed by atoms with Crippen molar-refractivity contribution in [2.75, 3.05) is 5.33 Å². The van der Waals surface area contributed by atoms with Crippen LogP contribution in [-0.2, 0) is 9.53 Å². The Morgan fingerprint density at radius 3 is 2.57 bits per heavy atom. The second-order valence-corrected chi connectivity index (χ2v) is 2.47. The summed E-state index contributed by atoms with van der Waals surface area (Å²) in [4.78, 5) is 9.50. The van der Waals surface area contributed by atoms with Crippen molar-refractivity contribution in [2.45, 2.75) is 5.01 Å². The molecule has 0 aliphatic carbocycles. The van der Waals surface area contributed by atoms with Gasteiger partial charge >= 0.3 is 0 Å². The number of carbonyl (C=O) groups excluding carboxylic acids is 1. The molecule has 7 heavy (non-hydrogen) atoms. The first kappa shape index (κ1) is 7.43. The Morgan fingerprint density at radius 1 is 1.86 bits per heavy atom. The first-order valence-corrected chi connectivity index (χ1v) is 3.64. The summed E-state index contributed by atoms with van der Waals surface area (Å²) in [5, 5.41) is 0.427. The van der Waals surface area contributed by atoms with E-state index in [9.17, 15) is 4.79 Å². The molecular formula is C3H4Br2O2. The molecule has 0 saturated heterocycles. The highest BCUT2D eigenvalue weighted by Crippen LogP contribution is 2.02. The van der Waals surface area contributed by atoms with Gasteiger partial charge in [0, 0.05) is 0 Å². The molecule has 0 aromatic heterocycles. The second-order valence-electron chi connectivity index (χ2n) is 0.797. The molecule has 0 aromatic rings.